The fourth-order valence-corrected chi connectivity index (χ4v) is 2.07. The van der Waals surface area contributed by atoms with Crippen LogP contribution in [0.3, 0.4) is 0 Å². The number of rotatable bonds is 7. The van der Waals surface area contributed by atoms with Gasteiger partial charge in [0.25, 0.3) is 5.91 Å². The molecule has 0 saturated carbocycles. The molecule has 0 aromatic heterocycles. The van der Waals surface area contributed by atoms with Gasteiger partial charge < -0.3 is 10.1 Å². The van der Waals surface area contributed by atoms with Crippen LogP contribution in [-0.4, -0.2) is 18.6 Å². The van der Waals surface area contributed by atoms with E-state index in [9.17, 15) is 4.79 Å². The molecule has 0 heterocycles. The summed E-state index contributed by atoms with van der Waals surface area (Å²) in [6.45, 7) is 8.46. The lowest BCUT2D eigenvalue weighted by Gasteiger charge is -2.16. The van der Waals surface area contributed by atoms with Crippen molar-refractivity contribution in [2.24, 2.45) is 0 Å². The predicted octanol–water partition coefficient (Wildman–Crippen LogP) is 4.03. The molecule has 1 N–H and O–H groups in total. The molecule has 0 radical (unpaired) electrons. The van der Waals surface area contributed by atoms with Gasteiger partial charge in [0.05, 0.1) is 0 Å². The van der Waals surface area contributed by atoms with Gasteiger partial charge in [0, 0.05) is 11.6 Å². The second-order valence-electron chi connectivity index (χ2n) is 5.13. The first-order valence-corrected chi connectivity index (χ1v) is 7.54. The zero-order valence-corrected chi connectivity index (χ0v) is 13.5. The lowest BCUT2D eigenvalue weighted by atomic mass is 10.1. The van der Waals surface area contributed by atoms with Gasteiger partial charge in [-0.25, -0.2) is 0 Å². The van der Waals surface area contributed by atoms with Gasteiger partial charge in [-0.2, -0.15) is 0 Å². The van der Waals surface area contributed by atoms with E-state index in [1.165, 1.54) is 0 Å². The van der Waals surface area contributed by atoms with Crippen LogP contribution in [0.1, 0.15) is 44.2 Å². The maximum absolute atomic E-state index is 11.9. The lowest BCUT2D eigenvalue weighted by Crippen LogP contribution is -2.36. The van der Waals surface area contributed by atoms with Gasteiger partial charge in [0.15, 0.2) is 6.10 Å². The summed E-state index contributed by atoms with van der Waals surface area (Å²) in [5, 5.41) is 3.63. The number of nitrogens with one attached hydrogen (secondary N) is 1. The summed E-state index contributed by atoms with van der Waals surface area (Å²) in [6, 6.07) is 3.71. The summed E-state index contributed by atoms with van der Waals surface area (Å²) in [5.74, 6) is 0.604. The van der Waals surface area contributed by atoms with Gasteiger partial charge >= 0.3 is 0 Å². The largest absolute Gasteiger partial charge is 0.481 e. The lowest BCUT2D eigenvalue weighted by molar-refractivity contribution is -0.127. The zero-order valence-electron chi connectivity index (χ0n) is 12.8. The molecule has 0 spiro atoms. The Morgan fingerprint density at radius 3 is 2.45 bits per heavy atom. The summed E-state index contributed by atoms with van der Waals surface area (Å²) < 4.78 is 5.68. The third kappa shape index (κ3) is 5.04. The van der Waals surface area contributed by atoms with E-state index >= 15 is 0 Å². The minimum atomic E-state index is -0.503. The molecule has 4 heteroatoms. The molecular formula is C16H24ClNO2. The van der Waals surface area contributed by atoms with Crippen molar-refractivity contribution in [3.05, 3.63) is 28.3 Å². The van der Waals surface area contributed by atoms with Crippen molar-refractivity contribution in [3.8, 4) is 5.75 Å². The van der Waals surface area contributed by atoms with Gasteiger partial charge in [-0.05, 0) is 50.5 Å². The molecule has 1 amide bonds. The first-order chi connectivity index (χ1) is 9.45. The van der Waals surface area contributed by atoms with Gasteiger partial charge in [-0.15, -0.1) is 0 Å². The van der Waals surface area contributed by atoms with Crippen LogP contribution in [0.5, 0.6) is 5.75 Å². The highest BCUT2D eigenvalue weighted by Crippen LogP contribution is 2.26. The molecule has 3 nitrogen and oxygen atoms in total. The van der Waals surface area contributed by atoms with Crippen LogP contribution in [0.25, 0.3) is 0 Å². The minimum absolute atomic E-state index is 0.0774. The van der Waals surface area contributed by atoms with Crippen LogP contribution in [0, 0.1) is 13.8 Å². The molecule has 0 unspecified atom stereocenters. The van der Waals surface area contributed by atoms with E-state index in [2.05, 4.69) is 12.2 Å². The molecular weight excluding hydrogens is 274 g/mol. The number of unbranched alkanes of at least 4 members (excludes halogenated alkanes) is 2. The van der Waals surface area contributed by atoms with E-state index in [4.69, 9.17) is 16.3 Å². The van der Waals surface area contributed by atoms with Gasteiger partial charge in [-0.3, -0.25) is 4.79 Å². The van der Waals surface area contributed by atoms with E-state index in [-0.39, 0.29) is 5.91 Å². The summed E-state index contributed by atoms with van der Waals surface area (Å²) in [4.78, 5) is 11.9. The minimum Gasteiger partial charge on any atom is -0.481 e. The summed E-state index contributed by atoms with van der Waals surface area (Å²) in [5.41, 5.74) is 1.91. The Labute approximate surface area is 126 Å². The predicted molar refractivity (Wildman–Crippen MR) is 83.6 cm³/mol. The van der Waals surface area contributed by atoms with E-state index in [0.29, 0.717) is 12.3 Å². The second-order valence-corrected chi connectivity index (χ2v) is 5.51. The highest BCUT2D eigenvalue weighted by molar-refractivity contribution is 6.32. The molecule has 1 aromatic rings. The fraction of sp³-hybridized carbons (Fsp3) is 0.562. The Hall–Kier alpha value is -1.22. The van der Waals surface area contributed by atoms with E-state index in [0.717, 1.165) is 35.4 Å². The number of halogens is 1. The van der Waals surface area contributed by atoms with Crippen LogP contribution in [-0.2, 0) is 4.79 Å². The quantitative estimate of drug-likeness (QED) is 0.772. The highest BCUT2D eigenvalue weighted by atomic mass is 35.5. The first-order valence-electron chi connectivity index (χ1n) is 7.16. The average Bonchev–Trinajstić information content (AvgIpc) is 2.40. The normalized spacial score (nSPS) is 12.1. The average molecular weight is 298 g/mol. The molecule has 0 saturated heterocycles. The number of aryl methyl sites for hydroxylation is 2. The van der Waals surface area contributed by atoms with E-state index in [1.807, 2.05) is 26.0 Å². The maximum Gasteiger partial charge on any atom is 0.260 e. The number of benzene rings is 1. The highest BCUT2D eigenvalue weighted by Gasteiger charge is 2.14. The molecule has 0 fully saturated rings. The van der Waals surface area contributed by atoms with Gasteiger partial charge in [0.1, 0.15) is 5.75 Å². The Balaban J connectivity index is 2.53. The topological polar surface area (TPSA) is 38.3 Å². The molecule has 0 aliphatic rings. The number of ether oxygens (including phenoxy) is 1. The first kappa shape index (κ1) is 16.8. The zero-order chi connectivity index (χ0) is 15.1. The third-order valence-corrected chi connectivity index (χ3v) is 3.77. The third-order valence-electron chi connectivity index (χ3n) is 3.17. The molecule has 112 valence electrons. The second kappa shape index (κ2) is 8.15. The maximum atomic E-state index is 11.9. The molecule has 1 aromatic carbocycles. The SMILES string of the molecule is CCCCCNC(=O)[C@H](C)Oc1cc(C)c(Cl)c(C)c1. The van der Waals surface area contributed by atoms with Crippen molar-refractivity contribution in [2.75, 3.05) is 6.54 Å². The Morgan fingerprint density at radius 1 is 1.30 bits per heavy atom. The number of amides is 1. The van der Waals surface area contributed by atoms with Crippen LogP contribution >= 0.6 is 11.6 Å². The smallest absolute Gasteiger partial charge is 0.260 e. The fourth-order valence-electron chi connectivity index (χ4n) is 1.96. The van der Waals surface area contributed by atoms with Crippen LogP contribution in [0.2, 0.25) is 5.02 Å². The van der Waals surface area contributed by atoms with Gasteiger partial charge in [0.2, 0.25) is 0 Å². The molecule has 20 heavy (non-hydrogen) atoms. The summed E-state index contributed by atoms with van der Waals surface area (Å²) in [6.07, 6.45) is 2.78. The molecule has 0 aliphatic carbocycles. The number of hydrogen-bond donors (Lipinski definition) is 1. The number of carbonyl (C=O) groups is 1. The van der Waals surface area contributed by atoms with Gasteiger partial charge in [-0.1, -0.05) is 31.4 Å². The molecule has 0 bridgehead atoms. The van der Waals surface area contributed by atoms with Crippen molar-refractivity contribution in [1.82, 2.24) is 5.32 Å². The Kier molecular flexibility index (Phi) is 6.86. The standard InChI is InChI=1S/C16H24ClNO2/c1-5-6-7-8-18-16(19)13(4)20-14-9-11(2)15(17)12(3)10-14/h9-10,13H,5-8H2,1-4H3,(H,18,19)/t13-/m0/s1. The van der Waals surface area contributed by atoms with Crippen molar-refractivity contribution >= 4 is 17.5 Å². The van der Waals surface area contributed by atoms with Crippen molar-refractivity contribution < 1.29 is 9.53 Å². The summed E-state index contributed by atoms with van der Waals surface area (Å²) in [7, 11) is 0. The Bertz CT molecular complexity index is 437. The summed E-state index contributed by atoms with van der Waals surface area (Å²) >= 11 is 6.11. The van der Waals surface area contributed by atoms with E-state index < -0.39 is 6.10 Å². The molecule has 1 atom stereocenters. The van der Waals surface area contributed by atoms with Crippen LogP contribution < -0.4 is 10.1 Å². The van der Waals surface area contributed by atoms with Crippen molar-refractivity contribution in [1.29, 1.82) is 0 Å². The molecule has 1 rings (SSSR count). The number of hydrogen-bond acceptors (Lipinski definition) is 2. The van der Waals surface area contributed by atoms with Crippen LogP contribution in [0.4, 0.5) is 0 Å². The number of carbonyl (C=O) groups excluding carboxylic acids is 1. The monoisotopic (exact) mass is 297 g/mol. The molecule has 0 aliphatic heterocycles. The van der Waals surface area contributed by atoms with Crippen molar-refractivity contribution in [2.45, 2.75) is 53.1 Å². The van der Waals surface area contributed by atoms with Crippen LogP contribution in [0.15, 0.2) is 12.1 Å². The Morgan fingerprint density at radius 2 is 1.90 bits per heavy atom. The van der Waals surface area contributed by atoms with E-state index in [1.54, 1.807) is 6.92 Å². The van der Waals surface area contributed by atoms with Crippen molar-refractivity contribution in [3.63, 3.8) is 0 Å².